The average Bonchev–Trinajstić information content (AvgIpc) is 3.56. The molecule has 0 spiro atoms. The smallest absolute Gasteiger partial charge is 0.252 e. The number of hydrogen-bond donors (Lipinski definition) is 0. The van der Waals surface area contributed by atoms with E-state index in [2.05, 4.69) is 4.99 Å². The van der Waals surface area contributed by atoms with Crippen LogP contribution in [0.5, 0.6) is 11.5 Å². The molecule has 3 aromatic rings. The summed E-state index contributed by atoms with van der Waals surface area (Å²) >= 11 is 4.35. The van der Waals surface area contributed by atoms with Gasteiger partial charge in [0.1, 0.15) is 4.21 Å². The Kier molecular flexibility index (Phi) is 6.54. The van der Waals surface area contributed by atoms with E-state index in [1.54, 1.807) is 29.3 Å². The van der Waals surface area contributed by atoms with E-state index in [9.17, 15) is 13.2 Å². The predicted octanol–water partition coefficient (Wildman–Crippen LogP) is 3.38. The Labute approximate surface area is 203 Å². The lowest BCUT2D eigenvalue weighted by Crippen LogP contribution is -2.42. The molecule has 5 rings (SSSR count). The summed E-state index contributed by atoms with van der Waals surface area (Å²) in [6.45, 7) is 1.50. The first-order valence-corrected chi connectivity index (χ1v) is 15.0. The first-order valence-electron chi connectivity index (χ1n) is 10.5. The summed E-state index contributed by atoms with van der Waals surface area (Å²) in [5.41, 5.74) is 0.954. The zero-order chi connectivity index (χ0) is 23.0. The van der Waals surface area contributed by atoms with E-state index in [4.69, 9.17) is 9.47 Å². The van der Waals surface area contributed by atoms with Crippen LogP contribution in [0.25, 0.3) is 10.2 Å². The molecule has 176 valence electrons. The molecule has 0 aliphatic carbocycles. The second kappa shape index (κ2) is 9.41. The van der Waals surface area contributed by atoms with Gasteiger partial charge in [0.15, 0.2) is 16.3 Å². The van der Waals surface area contributed by atoms with E-state index in [0.717, 1.165) is 16.0 Å². The molecule has 0 radical (unpaired) electrons. The molecule has 1 aromatic carbocycles. The number of thioether (sulfide) groups is 1. The highest BCUT2D eigenvalue weighted by atomic mass is 32.2. The summed E-state index contributed by atoms with van der Waals surface area (Å²) in [6.07, 6.45) is 3.30. The molecule has 1 amide bonds. The molecule has 0 N–H and O–H groups in total. The molecule has 2 aliphatic heterocycles. The van der Waals surface area contributed by atoms with E-state index in [0.29, 0.717) is 46.4 Å². The standard InChI is InChI=1S/C21H23N3O5S4/c1-30-9-7-24-15-10-16-17(29-13-28-16)11-18(15)32-21(24)22-20(25)14-4-2-6-23(12-14)33(26,27)19-5-3-8-31-19/h3,5,8,10-11,14H,2,4,6-7,9,12-13H2,1H3. The van der Waals surface area contributed by atoms with Gasteiger partial charge in [-0.2, -0.15) is 21.1 Å². The number of thiophene rings is 1. The molecule has 0 saturated carbocycles. The molecule has 8 nitrogen and oxygen atoms in total. The summed E-state index contributed by atoms with van der Waals surface area (Å²) in [7, 11) is -3.58. The van der Waals surface area contributed by atoms with Crippen molar-refractivity contribution in [2.75, 3.05) is 31.9 Å². The maximum absolute atomic E-state index is 13.2. The number of benzene rings is 1. The molecular formula is C21H23N3O5S4. The fourth-order valence-corrected chi connectivity index (χ4v) is 8.13. The molecule has 1 fully saturated rings. The van der Waals surface area contributed by atoms with Crippen molar-refractivity contribution in [1.82, 2.24) is 8.87 Å². The number of piperidine rings is 1. The number of sulfonamides is 1. The molecule has 1 unspecified atom stereocenters. The largest absolute Gasteiger partial charge is 0.454 e. The fraction of sp³-hybridized carbons (Fsp3) is 0.429. The van der Waals surface area contributed by atoms with Crippen LogP contribution < -0.4 is 14.3 Å². The molecule has 0 bridgehead atoms. The number of rotatable bonds is 6. The van der Waals surface area contributed by atoms with E-state index < -0.39 is 15.9 Å². The fourth-order valence-electron chi connectivity index (χ4n) is 4.03. The van der Waals surface area contributed by atoms with Crippen molar-refractivity contribution < 1.29 is 22.7 Å². The number of carbonyl (C=O) groups is 1. The lowest BCUT2D eigenvalue weighted by Gasteiger charge is -2.29. The highest BCUT2D eigenvalue weighted by Crippen LogP contribution is 2.37. The highest BCUT2D eigenvalue weighted by Gasteiger charge is 2.34. The van der Waals surface area contributed by atoms with Crippen LogP contribution in [0.1, 0.15) is 12.8 Å². The lowest BCUT2D eigenvalue weighted by molar-refractivity contribution is -0.122. The van der Waals surface area contributed by atoms with Crippen molar-refractivity contribution in [3.05, 3.63) is 34.4 Å². The molecule has 1 saturated heterocycles. The number of thiazole rings is 1. The number of amides is 1. The summed E-state index contributed by atoms with van der Waals surface area (Å²) in [5, 5.41) is 1.75. The predicted molar refractivity (Wildman–Crippen MR) is 131 cm³/mol. The first kappa shape index (κ1) is 22.9. The second-order valence-corrected chi connectivity index (χ2v) is 12.9. The van der Waals surface area contributed by atoms with Crippen molar-refractivity contribution in [1.29, 1.82) is 0 Å². The second-order valence-electron chi connectivity index (χ2n) is 7.79. The average molecular weight is 526 g/mol. The minimum absolute atomic E-state index is 0.161. The zero-order valence-corrected chi connectivity index (χ0v) is 21.2. The van der Waals surface area contributed by atoms with Crippen LogP contribution in [-0.4, -0.2) is 55.1 Å². The Hall–Kier alpha value is -1.86. The molecule has 1 atom stereocenters. The molecule has 4 heterocycles. The van der Waals surface area contributed by atoms with Gasteiger partial charge >= 0.3 is 0 Å². The van der Waals surface area contributed by atoms with Crippen LogP contribution in [0.15, 0.2) is 38.8 Å². The monoisotopic (exact) mass is 525 g/mol. The van der Waals surface area contributed by atoms with E-state index in [1.165, 1.54) is 27.0 Å². The third-order valence-electron chi connectivity index (χ3n) is 5.72. The third-order valence-corrected chi connectivity index (χ3v) is 10.6. The van der Waals surface area contributed by atoms with Crippen molar-refractivity contribution in [2.45, 2.75) is 23.6 Å². The SMILES string of the molecule is CSCCn1c(=NC(=O)C2CCCN(S(=O)(=O)c3cccs3)C2)sc2cc3c(cc21)OCO3. The summed E-state index contributed by atoms with van der Waals surface area (Å²) in [6, 6.07) is 7.19. The lowest BCUT2D eigenvalue weighted by atomic mass is 9.99. The van der Waals surface area contributed by atoms with Gasteiger partial charge in [-0.15, -0.1) is 11.3 Å². The summed E-state index contributed by atoms with van der Waals surface area (Å²) in [4.78, 5) is 18.3. The van der Waals surface area contributed by atoms with Crippen LogP contribution in [0.2, 0.25) is 0 Å². The van der Waals surface area contributed by atoms with Gasteiger partial charge in [-0.1, -0.05) is 17.4 Å². The van der Waals surface area contributed by atoms with Gasteiger partial charge < -0.3 is 14.0 Å². The third kappa shape index (κ3) is 4.46. The van der Waals surface area contributed by atoms with Gasteiger partial charge in [0, 0.05) is 37.5 Å². The van der Waals surface area contributed by atoms with Crippen LogP contribution >= 0.6 is 34.4 Å². The minimum atomic E-state index is -3.58. The number of aryl methyl sites for hydroxylation is 1. The number of carbonyl (C=O) groups excluding carboxylic acids is 1. The number of fused-ring (bicyclic) bond motifs is 2. The van der Waals surface area contributed by atoms with Crippen LogP contribution in [-0.2, 0) is 21.4 Å². The zero-order valence-electron chi connectivity index (χ0n) is 17.9. The molecular weight excluding hydrogens is 503 g/mol. The normalized spacial score (nSPS) is 19.4. The number of hydrogen-bond acceptors (Lipinski definition) is 8. The van der Waals surface area contributed by atoms with Gasteiger partial charge in [0.05, 0.1) is 16.1 Å². The summed E-state index contributed by atoms with van der Waals surface area (Å²) < 4.78 is 41.6. The van der Waals surface area contributed by atoms with E-state index in [-0.39, 0.29) is 19.2 Å². The Bertz CT molecular complexity index is 1340. The number of nitrogens with zero attached hydrogens (tertiary/aromatic N) is 3. The van der Waals surface area contributed by atoms with Gasteiger partial charge in [-0.25, -0.2) is 8.42 Å². The number of ether oxygens (including phenoxy) is 2. The highest BCUT2D eigenvalue weighted by molar-refractivity contribution is 7.98. The Morgan fingerprint density at radius 2 is 2.12 bits per heavy atom. The quantitative estimate of drug-likeness (QED) is 0.490. The van der Waals surface area contributed by atoms with Crippen LogP contribution in [0.4, 0.5) is 0 Å². The van der Waals surface area contributed by atoms with Gasteiger partial charge in [0.25, 0.3) is 15.9 Å². The topological polar surface area (TPSA) is 90.2 Å². The Balaban J connectivity index is 1.45. The van der Waals surface area contributed by atoms with E-state index >= 15 is 0 Å². The van der Waals surface area contributed by atoms with Crippen LogP contribution in [0.3, 0.4) is 0 Å². The molecule has 2 aliphatic rings. The molecule has 12 heteroatoms. The van der Waals surface area contributed by atoms with E-state index in [1.807, 2.05) is 23.0 Å². The maximum atomic E-state index is 13.2. The van der Waals surface area contributed by atoms with Gasteiger partial charge in [-0.3, -0.25) is 4.79 Å². The molecule has 33 heavy (non-hydrogen) atoms. The van der Waals surface area contributed by atoms with Crippen molar-refractivity contribution in [3.63, 3.8) is 0 Å². The van der Waals surface area contributed by atoms with Crippen molar-refractivity contribution in [3.8, 4) is 11.5 Å². The van der Waals surface area contributed by atoms with Gasteiger partial charge in [0.2, 0.25) is 6.79 Å². The first-order chi connectivity index (χ1) is 16.0. The van der Waals surface area contributed by atoms with Gasteiger partial charge in [-0.05, 0) is 30.5 Å². The van der Waals surface area contributed by atoms with Crippen LogP contribution in [0, 0.1) is 5.92 Å². The maximum Gasteiger partial charge on any atom is 0.252 e. The Morgan fingerprint density at radius 1 is 1.30 bits per heavy atom. The minimum Gasteiger partial charge on any atom is -0.454 e. The van der Waals surface area contributed by atoms with Crippen molar-refractivity contribution >= 4 is 60.6 Å². The van der Waals surface area contributed by atoms with Crippen molar-refractivity contribution in [2.24, 2.45) is 10.9 Å². The Morgan fingerprint density at radius 3 is 2.88 bits per heavy atom. The molecule has 2 aromatic heterocycles. The number of aromatic nitrogens is 1. The summed E-state index contributed by atoms with van der Waals surface area (Å²) in [5.74, 6) is 1.53.